The fourth-order valence-corrected chi connectivity index (χ4v) is 3.70. The average Bonchev–Trinajstić information content (AvgIpc) is 2.61. The molecule has 8 heteroatoms. The molecule has 1 aromatic carbocycles. The lowest BCUT2D eigenvalue weighted by atomic mass is 10.1. The van der Waals surface area contributed by atoms with Gasteiger partial charge in [-0.05, 0) is 12.1 Å². The third-order valence-electron chi connectivity index (χ3n) is 3.39. The molecular formula is C15H24O7Si. The zero-order chi connectivity index (χ0) is 17.3. The Balaban J connectivity index is 2.84. The van der Waals surface area contributed by atoms with Crippen LogP contribution in [0.15, 0.2) is 24.3 Å². The summed E-state index contributed by atoms with van der Waals surface area (Å²) in [5, 5.41) is 0. The molecule has 1 rings (SSSR count). The molecule has 130 valence electrons. The molecule has 23 heavy (non-hydrogen) atoms. The van der Waals surface area contributed by atoms with E-state index >= 15 is 0 Å². The van der Waals surface area contributed by atoms with Crippen molar-refractivity contribution in [3.63, 3.8) is 0 Å². The Hall–Kier alpha value is -1.29. The summed E-state index contributed by atoms with van der Waals surface area (Å²) in [6.45, 7) is -0.880. The number of methoxy groups -OCH3 is 2. The van der Waals surface area contributed by atoms with Crippen LogP contribution in [-0.2, 0) is 22.8 Å². The molecular weight excluding hydrogens is 320 g/mol. The summed E-state index contributed by atoms with van der Waals surface area (Å²) >= 11 is 0. The first-order valence-electron chi connectivity index (χ1n) is 7.05. The molecule has 0 heterocycles. The van der Waals surface area contributed by atoms with Crippen molar-refractivity contribution >= 4 is 14.6 Å². The van der Waals surface area contributed by atoms with Gasteiger partial charge >= 0.3 is 15.3 Å². The van der Waals surface area contributed by atoms with Crippen LogP contribution < -0.4 is 4.74 Å². The fraction of sp³-hybridized carbons (Fsp3) is 0.533. The maximum Gasteiger partial charge on any atom is 0.500 e. The molecule has 0 aliphatic rings. The summed E-state index contributed by atoms with van der Waals surface area (Å²) in [6.07, 6.45) is 0.215. The van der Waals surface area contributed by atoms with Gasteiger partial charge in [0, 0.05) is 48.0 Å². The minimum absolute atomic E-state index is 0.102. The van der Waals surface area contributed by atoms with E-state index in [2.05, 4.69) is 0 Å². The second kappa shape index (κ2) is 9.76. The van der Waals surface area contributed by atoms with Crippen molar-refractivity contribution in [2.24, 2.45) is 0 Å². The van der Waals surface area contributed by atoms with Gasteiger partial charge in [-0.15, -0.1) is 0 Å². The first-order chi connectivity index (χ1) is 11.1. The molecule has 0 atom stereocenters. The quantitative estimate of drug-likeness (QED) is 0.346. The summed E-state index contributed by atoms with van der Waals surface area (Å²) in [4.78, 5) is 12.5. The SMILES string of the molecule is COC(OC)Oc1ccccc1C(=O)CC[Si](OC)(OC)OC. The van der Waals surface area contributed by atoms with Gasteiger partial charge in [-0.1, -0.05) is 12.1 Å². The second-order valence-corrected chi connectivity index (χ2v) is 7.68. The van der Waals surface area contributed by atoms with Gasteiger partial charge in [0.15, 0.2) is 5.78 Å². The Kier molecular flexibility index (Phi) is 8.38. The number of rotatable bonds is 11. The van der Waals surface area contributed by atoms with E-state index in [4.69, 9.17) is 27.5 Å². The lowest BCUT2D eigenvalue weighted by Gasteiger charge is -2.24. The Morgan fingerprint density at radius 1 is 1.00 bits per heavy atom. The lowest BCUT2D eigenvalue weighted by molar-refractivity contribution is -0.219. The van der Waals surface area contributed by atoms with Crippen LogP contribution in [0.3, 0.4) is 0 Å². The Morgan fingerprint density at radius 2 is 1.57 bits per heavy atom. The van der Waals surface area contributed by atoms with E-state index in [0.717, 1.165) is 0 Å². The Morgan fingerprint density at radius 3 is 2.09 bits per heavy atom. The molecule has 0 saturated carbocycles. The molecule has 0 spiro atoms. The van der Waals surface area contributed by atoms with Crippen LogP contribution in [0.25, 0.3) is 0 Å². The van der Waals surface area contributed by atoms with Gasteiger partial charge < -0.3 is 27.5 Å². The zero-order valence-electron chi connectivity index (χ0n) is 14.2. The lowest BCUT2D eigenvalue weighted by Crippen LogP contribution is -2.43. The number of hydrogen-bond acceptors (Lipinski definition) is 7. The molecule has 0 N–H and O–H groups in total. The fourth-order valence-electron chi connectivity index (χ4n) is 2.05. The van der Waals surface area contributed by atoms with Gasteiger partial charge in [-0.3, -0.25) is 4.79 Å². The van der Waals surface area contributed by atoms with Crippen LogP contribution in [0, 0.1) is 0 Å². The van der Waals surface area contributed by atoms with Gasteiger partial charge in [-0.25, -0.2) is 0 Å². The monoisotopic (exact) mass is 344 g/mol. The van der Waals surface area contributed by atoms with Crippen molar-refractivity contribution in [2.75, 3.05) is 35.5 Å². The summed E-state index contributed by atoms with van der Waals surface area (Å²) in [5.74, 6) is 0.292. The normalized spacial score (nSPS) is 11.7. The third kappa shape index (κ3) is 5.38. The number of hydrogen-bond donors (Lipinski definition) is 0. The largest absolute Gasteiger partial charge is 0.500 e. The average molecular weight is 344 g/mol. The van der Waals surface area contributed by atoms with Crippen molar-refractivity contribution < 1.29 is 32.3 Å². The van der Waals surface area contributed by atoms with Crippen LogP contribution in [0.4, 0.5) is 0 Å². The van der Waals surface area contributed by atoms with Gasteiger partial charge in [0.2, 0.25) is 0 Å². The molecule has 7 nitrogen and oxygen atoms in total. The minimum Gasteiger partial charge on any atom is -0.440 e. The summed E-state index contributed by atoms with van der Waals surface area (Å²) in [7, 11) is 4.67. The molecule has 0 amide bonds. The Bertz CT molecular complexity index is 478. The number of ether oxygens (including phenoxy) is 3. The van der Waals surface area contributed by atoms with Crippen LogP contribution in [0.1, 0.15) is 16.8 Å². The predicted molar refractivity (Wildman–Crippen MR) is 85.4 cm³/mol. The second-order valence-electron chi connectivity index (χ2n) is 4.59. The highest BCUT2D eigenvalue weighted by atomic mass is 28.4. The number of para-hydroxylation sites is 1. The predicted octanol–water partition coefficient (Wildman–Crippen LogP) is 2.09. The van der Waals surface area contributed by atoms with E-state index in [1.807, 2.05) is 0 Å². The van der Waals surface area contributed by atoms with Crippen molar-refractivity contribution in [3.8, 4) is 5.75 Å². The highest BCUT2D eigenvalue weighted by Crippen LogP contribution is 2.24. The third-order valence-corrected chi connectivity index (χ3v) is 6.12. The molecule has 0 aromatic heterocycles. The molecule has 1 aromatic rings. The van der Waals surface area contributed by atoms with Gasteiger partial charge in [0.25, 0.3) is 0 Å². The van der Waals surface area contributed by atoms with Crippen molar-refractivity contribution in [2.45, 2.75) is 18.9 Å². The van der Waals surface area contributed by atoms with Gasteiger partial charge in [-0.2, -0.15) is 0 Å². The van der Waals surface area contributed by atoms with Crippen LogP contribution in [-0.4, -0.2) is 56.6 Å². The van der Waals surface area contributed by atoms with Crippen LogP contribution >= 0.6 is 0 Å². The van der Waals surface area contributed by atoms with E-state index in [1.165, 1.54) is 35.5 Å². The number of Topliss-reactive ketones (excluding diaryl/α,β-unsaturated/α-hetero) is 1. The molecule has 0 unspecified atom stereocenters. The van der Waals surface area contributed by atoms with Crippen molar-refractivity contribution in [3.05, 3.63) is 29.8 Å². The molecule has 0 fully saturated rings. The first-order valence-corrected chi connectivity index (χ1v) is 8.99. The van der Waals surface area contributed by atoms with E-state index in [-0.39, 0.29) is 12.2 Å². The zero-order valence-corrected chi connectivity index (χ0v) is 15.2. The highest BCUT2D eigenvalue weighted by molar-refractivity contribution is 6.60. The number of carbonyl (C=O) groups excluding carboxylic acids is 1. The maximum atomic E-state index is 12.5. The number of benzene rings is 1. The summed E-state index contributed by atoms with van der Waals surface area (Å²) in [5.41, 5.74) is 0.442. The highest BCUT2D eigenvalue weighted by Gasteiger charge is 2.38. The standard InChI is InChI=1S/C15H24O7Si/c1-17-15(18-2)22-14-9-7-6-8-12(14)13(16)10-11-23(19-3,20-4)21-5/h6-9,15H,10-11H2,1-5H3. The molecule has 0 aliphatic carbocycles. The molecule has 0 bridgehead atoms. The topological polar surface area (TPSA) is 72.5 Å². The number of ketones is 1. The van der Waals surface area contributed by atoms with Gasteiger partial charge in [0.1, 0.15) is 5.75 Å². The van der Waals surface area contributed by atoms with E-state index in [1.54, 1.807) is 24.3 Å². The Labute approximate surface area is 137 Å². The molecule has 0 saturated heterocycles. The van der Waals surface area contributed by atoms with E-state index < -0.39 is 15.3 Å². The summed E-state index contributed by atoms with van der Waals surface area (Å²) < 4.78 is 31.5. The number of carbonyl (C=O) groups is 1. The van der Waals surface area contributed by atoms with Crippen LogP contribution in [0.2, 0.25) is 6.04 Å². The van der Waals surface area contributed by atoms with E-state index in [9.17, 15) is 4.79 Å². The van der Waals surface area contributed by atoms with Crippen molar-refractivity contribution in [1.29, 1.82) is 0 Å². The molecule has 0 aliphatic heterocycles. The first kappa shape index (κ1) is 19.8. The summed E-state index contributed by atoms with van der Waals surface area (Å²) in [6, 6.07) is 7.29. The van der Waals surface area contributed by atoms with E-state index in [0.29, 0.717) is 17.4 Å². The molecule has 0 radical (unpaired) electrons. The van der Waals surface area contributed by atoms with Crippen LogP contribution in [0.5, 0.6) is 5.75 Å². The van der Waals surface area contributed by atoms with Crippen molar-refractivity contribution in [1.82, 2.24) is 0 Å². The van der Waals surface area contributed by atoms with Gasteiger partial charge in [0.05, 0.1) is 5.56 Å². The minimum atomic E-state index is -2.79. The smallest absolute Gasteiger partial charge is 0.440 e. The maximum absolute atomic E-state index is 12.5.